The third kappa shape index (κ3) is 4.14. The van der Waals surface area contributed by atoms with Gasteiger partial charge < -0.3 is 10.4 Å². The smallest absolute Gasteiger partial charge is 0.326 e. The first-order valence-electron chi connectivity index (χ1n) is 7.66. The Kier molecular flexibility index (Phi) is 4.95. The SMILES string of the molecule is O=C(N[C@@H](Cc1cccc(Cl)c1)C(=O)O)c1cnc2ccccc2c1. The normalized spacial score (nSPS) is 11.9. The van der Waals surface area contributed by atoms with Crippen LogP contribution in [0.15, 0.2) is 60.8 Å². The molecule has 1 heterocycles. The lowest BCUT2D eigenvalue weighted by molar-refractivity contribution is -0.139. The lowest BCUT2D eigenvalue weighted by Gasteiger charge is -2.15. The summed E-state index contributed by atoms with van der Waals surface area (Å²) in [5.74, 6) is -1.59. The fourth-order valence-corrected chi connectivity index (χ4v) is 2.75. The number of halogens is 1. The molecule has 2 aromatic carbocycles. The predicted molar refractivity (Wildman–Crippen MR) is 95.8 cm³/mol. The molecule has 0 radical (unpaired) electrons. The second kappa shape index (κ2) is 7.32. The molecular weight excluding hydrogens is 340 g/mol. The molecule has 0 aliphatic heterocycles. The van der Waals surface area contributed by atoms with Gasteiger partial charge in [0.2, 0.25) is 0 Å². The maximum absolute atomic E-state index is 12.4. The second-order valence-corrected chi connectivity index (χ2v) is 6.05. The minimum atomic E-state index is -1.11. The molecule has 0 saturated heterocycles. The van der Waals surface area contributed by atoms with Crippen LogP contribution in [-0.2, 0) is 11.2 Å². The van der Waals surface area contributed by atoms with Crippen molar-refractivity contribution in [3.63, 3.8) is 0 Å². The topological polar surface area (TPSA) is 79.3 Å². The summed E-state index contributed by atoms with van der Waals surface area (Å²) in [6.45, 7) is 0. The molecule has 1 amide bonds. The third-order valence-electron chi connectivity index (χ3n) is 3.78. The molecule has 0 unspecified atom stereocenters. The Morgan fingerprint density at radius 2 is 1.92 bits per heavy atom. The van der Waals surface area contributed by atoms with E-state index in [-0.39, 0.29) is 6.42 Å². The minimum Gasteiger partial charge on any atom is -0.480 e. The number of benzene rings is 2. The molecular formula is C19H15ClN2O3. The maximum atomic E-state index is 12.4. The van der Waals surface area contributed by atoms with Crippen molar-refractivity contribution in [3.8, 4) is 0 Å². The number of para-hydroxylation sites is 1. The van der Waals surface area contributed by atoms with E-state index < -0.39 is 17.9 Å². The average Bonchev–Trinajstić information content (AvgIpc) is 2.60. The first-order valence-corrected chi connectivity index (χ1v) is 8.03. The van der Waals surface area contributed by atoms with Crippen molar-refractivity contribution in [1.29, 1.82) is 0 Å². The van der Waals surface area contributed by atoms with E-state index in [2.05, 4.69) is 10.3 Å². The van der Waals surface area contributed by atoms with Crippen LogP contribution in [0.2, 0.25) is 5.02 Å². The quantitative estimate of drug-likeness (QED) is 0.736. The zero-order valence-electron chi connectivity index (χ0n) is 13.1. The molecule has 2 N–H and O–H groups in total. The number of carboxylic acid groups (broad SMARTS) is 1. The summed E-state index contributed by atoms with van der Waals surface area (Å²) in [6.07, 6.45) is 1.58. The average molecular weight is 355 g/mol. The van der Waals surface area contributed by atoms with E-state index in [4.69, 9.17) is 11.6 Å². The van der Waals surface area contributed by atoms with E-state index >= 15 is 0 Å². The highest BCUT2D eigenvalue weighted by Gasteiger charge is 2.21. The molecule has 1 atom stereocenters. The monoisotopic (exact) mass is 354 g/mol. The Hall–Kier alpha value is -2.92. The zero-order valence-corrected chi connectivity index (χ0v) is 13.9. The minimum absolute atomic E-state index is 0.142. The van der Waals surface area contributed by atoms with Crippen molar-refractivity contribution in [2.75, 3.05) is 0 Å². The fourth-order valence-electron chi connectivity index (χ4n) is 2.54. The van der Waals surface area contributed by atoms with Crippen LogP contribution in [0.4, 0.5) is 0 Å². The standard InChI is InChI=1S/C19H15ClN2O3/c20-15-6-3-4-12(8-15)9-17(19(24)25)22-18(23)14-10-13-5-1-2-7-16(13)21-11-14/h1-8,10-11,17H,9H2,(H,22,23)(H,24,25)/t17-/m0/s1. The first-order chi connectivity index (χ1) is 12.0. The molecule has 3 rings (SSSR count). The second-order valence-electron chi connectivity index (χ2n) is 5.62. The largest absolute Gasteiger partial charge is 0.480 e. The highest BCUT2D eigenvalue weighted by molar-refractivity contribution is 6.30. The van der Waals surface area contributed by atoms with Gasteiger partial charge in [-0.3, -0.25) is 9.78 Å². The predicted octanol–water partition coefficient (Wildman–Crippen LogP) is 3.31. The van der Waals surface area contributed by atoms with Gasteiger partial charge >= 0.3 is 5.97 Å². The van der Waals surface area contributed by atoms with Gasteiger partial charge in [0.05, 0.1) is 11.1 Å². The maximum Gasteiger partial charge on any atom is 0.326 e. The van der Waals surface area contributed by atoms with Gasteiger partial charge in [0.1, 0.15) is 6.04 Å². The summed E-state index contributed by atoms with van der Waals surface area (Å²) in [5, 5.41) is 13.3. The number of carbonyl (C=O) groups is 2. The van der Waals surface area contributed by atoms with Crippen molar-refractivity contribution in [1.82, 2.24) is 10.3 Å². The number of aromatic nitrogens is 1. The van der Waals surface area contributed by atoms with Gasteiger partial charge in [-0.2, -0.15) is 0 Å². The van der Waals surface area contributed by atoms with Crippen molar-refractivity contribution in [3.05, 3.63) is 76.9 Å². The number of carboxylic acids is 1. The van der Waals surface area contributed by atoms with Gasteiger partial charge in [-0.25, -0.2) is 4.79 Å². The third-order valence-corrected chi connectivity index (χ3v) is 4.02. The number of hydrogen-bond donors (Lipinski definition) is 2. The molecule has 0 saturated carbocycles. The van der Waals surface area contributed by atoms with Crippen molar-refractivity contribution in [2.24, 2.45) is 0 Å². The van der Waals surface area contributed by atoms with Gasteiger partial charge in [0, 0.05) is 23.0 Å². The van der Waals surface area contributed by atoms with Crippen LogP contribution in [0, 0.1) is 0 Å². The van der Waals surface area contributed by atoms with Crippen molar-refractivity contribution < 1.29 is 14.7 Å². The number of amides is 1. The number of hydrogen-bond acceptors (Lipinski definition) is 3. The van der Waals surface area contributed by atoms with Gasteiger partial charge in [-0.15, -0.1) is 0 Å². The molecule has 6 heteroatoms. The summed E-state index contributed by atoms with van der Waals surface area (Å²) in [4.78, 5) is 28.1. The van der Waals surface area contributed by atoms with Crippen molar-refractivity contribution >= 4 is 34.4 Å². The molecule has 0 aliphatic carbocycles. The number of fused-ring (bicyclic) bond motifs is 1. The van der Waals surface area contributed by atoms with Crippen LogP contribution in [0.25, 0.3) is 10.9 Å². The molecule has 0 fully saturated rings. The van der Waals surface area contributed by atoms with Crippen LogP contribution >= 0.6 is 11.6 Å². The number of rotatable bonds is 5. The summed E-state index contributed by atoms with van der Waals surface area (Å²) in [7, 11) is 0. The van der Waals surface area contributed by atoms with E-state index in [0.29, 0.717) is 10.6 Å². The van der Waals surface area contributed by atoms with Crippen LogP contribution < -0.4 is 5.32 Å². The van der Waals surface area contributed by atoms with Crippen molar-refractivity contribution in [2.45, 2.75) is 12.5 Å². The summed E-state index contributed by atoms with van der Waals surface area (Å²) in [5.41, 5.74) is 1.82. The summed E-state index contributed by atoms with van der Waals surface area (Å²) < 4.78 is 0. The van der Waals surface area contributed by atoms with Gasteiger partial charge in [0.25, 0.3) is 5.91 Å². The number of carbonyl (C=O) groups excluding carboxylic acids is 1. The number of pyridine rings is 1. The van der Waals surface area contributed by atoms with E-state index in [1.807, 2.05) is 24.3 Å². The first kappa shape index (κ1) is 16.9. The van der Waals surface area contributed by atoms with Gasteiger partial charge in [0.15, 0.2) is 0 Å². The number of nitrogens with zero attached hydrogens (tertiary/aromatic N) is 1. The highest BCUT2D eigenvalue weighted by Crippen LogP contribution is 2.14. The molecule has 0 aliphatic rings. The zero-order chi connectivity index (χ0) is 17.8. The number of nitrogens with one attached hydrogen (secondary N) is 1. The van der Waals surface area contributed by atoms with Gasteiger partial charge in [-0.1, -0.05) is 41.9 Å². The van der Waals surface area contributed by atoms with Gasteiger partial charge in [-0.05, 0) is 29.8 Å². The Morgan fingerprint density at radius 3 is 2.68 bits per heavy atom. The lowest BCUT2D eigenvalue weighted by Crippen LogP contribution is -2.42. The van der Waals surface area contributed by atoms with Crippen LogP contribution in [0.5, 0.6) is 0 Å². The molecule has 3 aromatic rings. The fraction of sp³-hybridized carbons (Fsp3) is 0.105. The molecule has 5 nitrogen and oxygen atoms in total. The highest BCUT2D eigenvalue weighted by atomic mass is 35.5. The Labute approximate surface area is 149 Å². The van der Waals surface area contributed by atoms with Crippen LogP contribution in [0.1, 0.15) is 15.9 Å². The molecule has 0 bridgehead atoms. The van der Waals surface area contributed by atoms with E-state index in [1.54, 1.807) is 30.3 Å². The Balaban J connectivity index is 1.78. The number of aliphatic carboxylic acids is 1. The van der Waals surface area contributed by atoms with E-state index in [0.717, 1.165) is 16.5 Å². The van der Waals surface area contributed by atoms with Crippen LogP contribution in [0.3, 0.4) is 0 Å². The summed E-state index contributed by atoms with van der Waals surface area (Å²) in [6, 6.07) is 14.9. The molecule has 25 heavy (non-hydrogen) atoms. The van der Waals surface area contributed by atoms with E-state index in [1.165, 1.54) is 6.20 Å². The van der Waals surface area contributed by atoms with Crippen LogP contribution in [-0.4, -0.2) is 28.0 Å². The molecule has 1 aromatic heterocycles. The Morgan fingerprint density at radius 1 is 1.12 bits per heavy atom. The van der Waals surface area contributed by atoms with E-state index in [9.17, 15) is 14.7 Å². The molecule has 126 valence electrons. The lowest BCUT2D eigenvalue weighted by atomic mass is 10.1. The Bertz CT molecular complexity index is 943. The summed E-state index contributed by atoms with van der Waals surface area (Å²) >= 11 is 5.92. The molecule has 0 spiro atoms.